The number of anilines is 1. The Morgan fingerprint density at radius 2 is 1.61 bits per heavy atom. The maximum Gasteiger partial charge on any atom is 0.257 e. The molecule has 0 radical (unpaired) electrons. The molecule has 18 heteroatoms. The standard InChI is InChI=1S/C28H36N8O8S2/c1-17-11-19(15-29-12-17)25-32-33-26(36(25)22-20(42-6)9-8-10-21(22)43-7)34-46(40,41)28(5,35-45(38)39)23(44-16-27(3,4)37)24-30-13-18(2)14-31-24/h8-15,23,37,45H,16H2,1-7H3,(H,33,34)(H,35,38,39)/t23-,28-/m1/s1. The Kier molecular flexibility index (Phi) is 10.3. The van der Waals surface area contributed by atoms with Gasteiger partial charge in [-0.25, -0.2) is 31.5 Å². The molecule has 0 aliphatic carbocycles. The number of nitrogens with zero attached hydrogens (tertiary/aromatic N) is 6. The first-order chi connectivity index (χ1) is 21.6. The van der Waals surface area contributed by atoms with Crippen molar-refractivity contribution in [2.45, 2.75) is 51.2 Å². The summed E-state index contributed by atoms with van der Waals surface area (Å²) in [6.45, 7) is 7.12. The van der Waals surface area contributed by atoms with Crippen molar-refractivity contribution in [1.82, 2.24) is 34.4 Å². The van der Waals surface area contributed by atoms with E-state index in [-0.39, 0.29) is 34.8 Å². The van der Waals surface area contributed by atoms with Crippen LogP contribution in [0.25, 0.3) is 17.1 Å². The zero-order chi connectivity index (χ0) is 33.9. The third-order valence-corrected chi connectivity index (χ3v) is 9.34. The minimum Gasteiger partial charge on any atom is -0.494 e. The molecule has 46 heavy (non-hydrogen) atoms. The average Bonchev–Trinajstić information content (AvgIpc) is 3.38. The Bertz CT molecular complexity index is 1840. The molecule has 4 aromatic rings. The monoisotopic (exact) mass is 676 g/mol. The second kappa shape index (κ2) is 13.6. The van der Waals surface area contributed by atoms with Crippen LogP contribution in [0.4, 0.5) is 5.95 Å². The molecule has 1 aromatic carbocycles. The molecule has 4 rings (SSSR count). The van der Waals surface area contributed by atoms with E-state index in [4.69, 9.17) is 14.2 Å². The molecule has 0 saturated heterocycles. The predicted octanol–water partition coefficient (Wildman–Crippen LogP) is 1.86. The van der Waals surface area contributed by atoms with Crippen LogP contribution < -0.4 is 18.9 Å². The smallest absolute Gasteiger partial charge is 0.257 e. The van der Waals surface area contributed by atoms with Gasteiger partial charge in [0, 0.05) is 30.4 Å². The minimum atomic E-state index is -4.89. The first-order valence-corrected chi connectivity index (χ1v) is 16.4. The van der Waals surface area contributed by atoms with Gasteiger partial charge in [0.15, 0.2) is 22.6 Å². The molecule has 0 spiro atoms. The van der Waals surface area contributed by atoms with Crippen molar-refractivity contribution < 1.29 is 36.2 Å². The van der Waals surface area contributed by atoms with Crippen LogP contribution in [0.15, 0.2) is 49.1 Å². The van der Waals surface area contributed by atoms with Crippen LogP contribution in [0, 0.1) is 13.8 Å². The number of ether oxygens (including phenoxy) is 3. The molecule has 0 aliphatic rings. The van der Waals surface area contributed by atoms with E-state index in [1.807, 2.05) is 6.92 Å². The molecule has 3 N–H and O–H groups in total. The summed E-state index contributed by atoms with van der Waals surface area (Å²) in [6.07, 6.45) is 4.35. The zero-order valence-corrected chi connectivity index (χ0v) is 28.0. The fourth-order valence-corrected chi connectivity index (χ4v) is 6.67. The van der Waals surface area contributed by atoms with Gasteiger partial charge in [-0.2, -0.15) is 4.72 Å². The van der Waals surface area contributed by atoms with Gasteiger partial charge < -0.3 is 19.3 Å². The van der Waals surface area contributed by atoms with Crippen LogP contribution in [0.5, 0.6) is 11.5 Å². The SMILES string of the molecule is COc1cccc(OC)c1-n1c(NS(=O)(=O)[C@@](C)(N[SH](=O)=O)[C@H](OCC(C)(C)O)c2ncc(C)cn2)nnc1-c1cncc(C)c1. The number of aliphatic hydroxyl groups is 1. The van der Waals surface area contributed by atoms with Gasteiger partial charge in [0.2, 0.25) is 16.8 Å². The van der Waals surface area contributed by atoms with Crippen LogP contribution in [-0.4, -0.2) is 83.0 Å². The van der Waals surface area contributed by atoms with Crippen LogP contribution in [0.3, 0.4) is 0 Å². The first-order valence-electron chi connectivity index (χ1n) is 13.8. The molecule has 0 saturated carbocycles. The number of para-hydroxylation sites is 1. The van der Waals surface area contributed by atoms with Crippen LogP contribution in [0.1, 0.15) is 43.8 Å². The van der Waals surface area contributed by atoms with Crippen LogP contribution in [-0.2, 0) is 25.7 Å². The fourth-order valence-electron chi connectivity index (χ4n) is 4.45. The summed E-state index contributed by atoms with van der Waals surface area (Å²) in [4.78, 5) is 10.2. The van der Waals surface area contributed by atoms with Gasteiger partial charge in [0.1, 0.15) is 17.2 Å². The number of hydrogen-bond donors (Lipinski definition) is 4. The van der Waals surface area contributed by atoms with E-state index >= 15 is 0 Å². The Morgan fingerprint density at radius 1 is 0.978 bits per heavy atom. The van der Waals surface area contributed by atoms with Gasteiger partial charge >= 0.3 is 0 Å². The summed E-state index contributed by atoms with van der Waals surface area (Å²) in [7, 11) is -5.59. The molecule has 248 valence electrons. The Hall–Kier alpha value is -4.23. The van der Waals surface area contributed by atoms with Gasteiger partial charge in [0.05, 0.1) is 26.4 Å². The fraction of sp³-hybridized carbons (Fsp3) is 0.393. The molecule has 0 amide bonds. The maximum atomic E-state index is 14.5. The van der Waals surface area contributed by atoms with Crippen LogP contribution in [0.2, 0.25) is 0 Å². The van der Waals surface area contributed by atoms with E-state index < -0.39 is 44.1 Å². The lowest BCUT2D eigenvalue weighted by molar-refractivity contribution is -0.0693. The Morgan fingerprint density at radius 3 is 2.15 bits per heavy atom. The van der Waals surface area contributed by atoms with Gasteiger partial charge in [-0.15, -0.1) is 10.2 Å². The highest BCUT2D eigenvalue weighted by atomic mass is 32.2. The molecule has 3 aromatic heterocycles. The third kappa shape index (κ3) is 7.42. The molecule has 0 fully saturated rings. The molecular weight excluding hydrogens is 640 g/mol. The summed E-state index contributed by atoms with van der Waals surface area (Å²) in [6, 6.07) is 6.73. The van der Waals surface area contributed by atoms with Crippen molar-refractivity contribution in [1.29, 1.82) is 0 Å². The van der Waals surface area contributed by atoms with Crippen molar-refractivity contribution in [3.63, 3.8) is 0 Å². The van der Waals surface area contributed by atoms with E-state index in [2.05, 4.69) is 34.6 Å². The predicted molar refractivity (Wildman–Crippen MR) is 169 cm³/mol. The Labute approximate surface area is 268 Å². The van der Waals surface area contributed by atoms with E-state index in [0.29, 0.717) is 11.1 Å². The minimum absolute atomic E-state index is 0.161. The summed E-state index contributed by atoms with van der Waals surface area (Å²) in [5.74, 6) is 0.220. The number of aromatic nitrogens is 6. The highest BCUT2D eigenvalue weighted by Crippen LogP contribution is 2.39. The summed E-state index contributed by atoms with van der Waals surface area (Å²) >= 11 is 0. The van der Waals surface area contributed by atoms with E-state index in [9.17, 15) is 21.9 Å². The third-order valence-electron chi connectivity index (χ3n) is 6.66. The largest absolute Gasteiger partial charge is 0.494 e. The maximum absolute atomic E-state index is 14.5. The Balaban J connectivity index is 1.96. The lowest BCUT2D eigenvalue weighted by atomic mass is 10.1. The lowest BCUT2D eigenvalue weighted by Crippen LogP contribution is -2.57. The second-order valence-electron chi connectivity index (χ2n) is 11.1. The molecule has 0 unspecified atom stereocenters. The summed E-state index contributed by atoms with van der Waals surface area (Å²) in [5, 5.41) is 18.8. The van der Waals surface area contributed by atoms with E-state index in [1.54, 1.807) is 37.4 Å². The van der Waals surface area contributed by atoms with Gasteiger partial charge in [-0.05, 0) is 63.9 Å². The first kappa shape index (κ1) is 34.6. The van der Waals surface area contributed by atoms with Crippen molar-refractivity contribution in [3.05, 3.63) is 66.0 Å². The second-order valence-corrected chi connectivity index (χ2v) is 13.9. The number of nitrogens with one attached hydrogen (secondary N) is 2. The van der Waals surface area contributed by atoms with Crippen LogP contribution >= 0.6 is 0 Å². The highest BCUT2D eigenvalue weighted by Gasteiger charge is 2.51. The zero-order valence-electron chi connectivity index (χ0n) is 26.2. The summed E-state index contributed by atoms with van der Waals surface area (Å²) in [5.41, 5.74) is 0.745. The number of hydrogen-bond acceptors (Lipinski definition) is 13. The quantitative estimate of drug-likeness (QED) is 0.141. The summed E-state index contributed by atoms with van der Waals surface area (Å²) < 4.78 is 76.3. The van der Waals surface area contributed by atoms with E-state index in [1.165, 1.54) is 51.2 Å². The molecule has 16 nitrogen and oxygen atoms in total. The van der Waals surface area contributed by atoms with Crippen molar-refractivity contribution in [2.75, 3.05) is 25.5 Å². The number of sulfonamides is 1. The molecular formula is C28H36N8O8S2. The van der Waals surface area contributed by atoms with Crippen molar-refractivity contribution >= 4 is 26.9 Å². The number of thiol groups is 1. The van der Waals surface area contributed by atoms with Crippen molar-refractivity contribution in [2.24, 2.45) is 0 Å². The van der Waals surface area contributed by atoms with Gasteiger partial charge in [-0.1, -0.05) is 6.07 Å². The lowest BCUT2D eigenvalue weighted by Gasteiger charge is -2.36. The molecule has 2 atom stereocenters. The van der Waals surface area contributed by atoms with Gasteiger partial charge in [-0.3, -0.25) is 9.55 Å². The molecule has 3 heterocycles. The average molecular weight is 677 g/mol. The van der Waals surface area contributed by atoms with E-state index in [0.717, 1.165) is 12.5 Å². The van der Waals surface area contributed by atoms with Gasteiger partial charge in [0.25, 0.3) is 10.0 Å². The topological polar surface area (TPSA) is 210 Å². The number of rotatable bonds is 14. The normalized spacial score (nSPS) is 14.1. The number of benzene rings is 1. The molecule has 0 aliphatic heterocycles. The molecule has 0 bridgehead atoms. The number of methoxy groups -OCH3 is 2. The number of pyridine rings is 1. The van der Waals surface area contributed by atoms with Crippen molar-refractivity contribution in [3.8, 4) is 28.6 Å². The number of aryl methyl sites for hydroxylation is 2. The highest BCUT2D eigenvalue weighted by molar-refractivity contribution is 7.94.